The first-order valence-electron chi connectivity index (χ1n) is 5.70. The Morgan fingerprint density at radius 1 is 1.61 bits per heavy atom. The molecule has 0 aromatic carbocycles. The fourth-order valence-corrected chi connectivity index (χ4v) is 6.13. The first-order chi connectivity index (χ1) is 8.45. The van der Waals surface area contributed by atoms with Crippen LogP contribution in [0.3, 0.4) is 0 Å². The number of sulfonamides is 1. The largest absolute Gasteiger partial charge is 0.384 e. The van der Waals surface area contributed by atoms with E-state index in [1.165, 1.54) is 11.3 Å². The van der Waals surface area contributed by atoms with Crippen LogP contribution < -0.4 is 0 Å². The second kappa shape index (κ2) is 5.58. The van der Waals surface area contributed by atoms with Gasteiger partial charge in [0.2, 0.25) is 10.0 Å². The summed E-state index contributed by atoms with van der Waals surface area (Å²) in [5.74, 6) is 0.312. The van der Waals surface area contributed by atoms with Crippen molar-refractivity contribution in [2.45, 2.75) is 18.2 Å². The van der Waals surface area contributed by atoms with Crippen molar-refractivity contribution in [3.63, 3.8) is 0 Å². The maximum Gasteiger partial charge on any atom is 0.244 e. The van der Waals surface area contributed by atoms with Crippen LogP contribution in [0.1, 0.15) is 11.3 Å². The molecule has 1 unspecified atom stereocenters. The summed E-state index contributed by atoms with van der Waals surface area (Å²) in [6.07, 6.45) is 0.872. The minimum atomic E-state index is -3.34. The standard InChI is InChI=1S/C11H16BrNO3S2/c1-8-10(5-11(12)17-8)18(14,15)13-4-3-9(6-13)7-16-2/h5,9H,3-4,6-7H2,1-2H3. The lowest BCUT2D eigenvalue weighted by molar-refractivity contribution is 0.157. The average molecular weight is 354 g/mol. The molecule has 4 nitrogen and oxygen atoms in total. The lowest BCUT2D eigenvalue weighted by Gasteiger charge is -2.16. The summed E-state index contributed by atoms with van der Waals surface area (Å²) >= 11 is 4.79. The molecule has 1 aliphatic rings. The highest BCUT2D eigenvalue weighted by Gasteiger charge is 2.33. The van der Waals surface area contributed by atoms with E-state index in [9.17, 15) is 8.42 Å². The highest BCUT2D eigenvalue weighted by molar-refractivity contribution is 9.11. The van der Waals surface area contributed by atoms with Crippen LogP contribution in [-0.4, -0.2) is 39.5 Å². The lowest BCUT2D eigenvalue weighted by atomic mass is 10.1. The summed E-state index contributed by atoms with van der Waals surface area (Å²) < 4.78 is 32.5. The van der Waals surface area contributed by atoms with Crippen LogP contribution >= 0.6 is 27.3 Å². The number of ether oxygens (including phenoxy) is 1. The number of halogens is 1. The summed E-state index contributed by atoms with van der Waals surface area (Å²) in [5.41, 5.74) is 0. The van der Waals surface area contributed by atoms with Gasteiger partial charge in [0, 0.05) is 25.1 Å². The molecular weight excluding hydrogens is 338 g/mol. The summed E-state index contributed by atoms with van der Waals surface area (Å²) in [5, 5.41) is 0. The van der Waals surface area contributed by atoms with Crippen molar-refractivity contribution in [1.29, 1.82) is 0 Å². The first kappa shape index (κ1) is 14.5. The monoisotopic (exact) mass is 353 g/mol. The molecule has 0 spiro atoms. The van der Waals surface area contributed by atoms with Gasteiger partial charge in [0.05, 0.1) is 15.3 Å². The second-order valence-corrected chi connectivity index (χ2v) is 8.99. The van der Waals surface area contributed by atoms with Crippen LogP contribution in [0.2, 0.25) is 0 Å². The number of thiophene rings is 1. The van der Waals surface area contributed by atoms with E-state index >= 15 is 0 Å². The van der Waals surface area contributed by atoms with Gasteiger partial charge in [0.15, 0.2) is 0 Å². The van der Waals surface area contributed by atoms with Gasteiger partial charge in [-0.05, 0) is 41.3 Å². The number of hydrogen-bond acceptors (Lipinski definition) is 4. The van der Waals surface area contributed by atoms with Gasteiger partial charge >= 0.3 is 0 Å². The van der Waals surface area contributed by atoms with Crippen LogP contribution in [0.5, 0.6) is 0 Å². The van der Waals surface area contributed by atoms with Crippen molar-refractivity contribution in [1.82, 2.24) is 4.31 Å². The zero-order chi connectivity index (χ0) is 13.3. The Morgan fingerprint density at radius 2 is 2.33 bits per heavy atom. The fraction of sp³-hybridized carbons (Fsp3) is 0.636. The molecule has 0 radical (unpaired) electrons. The minimum Gasteiger partial charge on any atom is -0.384 e. The number of aryl methyl sites for hydroxylation is 1. The van der Waals surface area contributed by atoms with E-state index in [4.69, 9.17) is 4.74 Å². The van der Waals surface area contributed by atoms with Gasteiger partial charge in [-0.25, -0.2) is 8.42 Å². The molecule has 1 aromatic heterocycles. The van der Waals surface area contributed by atoms with E-state index in [0.717, 1.165) is 15.1 Å². The number of hydrogen-bond donors (Lipinski definition) is 0. The molecule has 1 saturated heterocycles. The Balaban J connectivity index is 2.20. The van der Waals surface area contributed by atoms with E-state index in [2.05, 4.69) is 15.9 Å². The summed E-state index contributed by atoms with van der Waals surface area (Å²) in [7, 11) is -1.69. The summed E-state index contributed by atoms with van der Waals surface area (Å²) in [6, 6.07) is 1.69. The zero-order valence-electron chi connectivity index (χ0n) is 10.3. The van der Waals surface area contributed by atoms with Crippen molar-refractivity contribution in [2.75, 3.05) is 26.8 Å². The Bertz CT molecular complexity index is 526. The van der Waals surface area contributed by atoms with Crippen molar-refractivity contribution in [2.24, 2.45) is 5.92 Å². The van der Waals surface area contributed by atoms with Crippen molar-refractivity contribution in [3.05, 3.63) is 14.7 Å². The maximum absolute atomic E-state index is 12.5. The smallest absolute Gasteiger partial charge is 0.244 e. The quantitative estimate of drug-likeness (QED) is 0.835. The van der Waals surface area contributed by atoms with Crippen LogP contribution in [-0.2, 0) is 14.8 Å². The molecule has 0 bridgehead atoms. The maximum atomic E-state index is 12.5. The Labute approximate surface area is 120 Å². The van der Waals surface area contributed by atoms with E-state index in [1.54, 1.807) is 17.5 Å². The van der Waals surface area contributed by atoms with Gasteiger partial charge in [-0.15, -0.1) is 11.3 Å². The van der Waals surface area contributed by atoms with E-state index in [1.807, 2.05) is 6.92 Å². The molecule has 1 atom stereocenters. The van der Waals surface area contributed by atoms with Crippen LogP contribution in [0.15, 0.2) is 14.7 Å². The van der Waals surface area contributed by atoms with E-state index in [-0.39, 0.29) is 0 Å². The fourth-order valence-electron chi connectivity index (χ4n) is 2.21. The Morgan fingerprint density at radius 3 is 2.89 bits per heavy atom. The molecule has 102 valence electrons. The van der Waals surface area contributed by atoms with E-state index < -0.39 is 10.0 Å². The lowest BCUT2D eigenvalue weighted by Crippen LogP contribution is -2.29. The van der Waals surface area contributed by atoms with Crippen LogP contribution in [0, 0.1) is 12.8 Å². The third kappa shape index (κ3) is 2.80. The average Bonchev–Trinajstić information content (AvgIpc) is 2.86. The highest BCUT2D eigenvalue weighted by Crippen LogP contribution is 2.33. The minimum absolute atomic E-state index is 0.312. The zero-order valence-corrected chi connectivity index (χ0v) is 13.6. The number of nitrogens with zero attached hydrogens (tertiary/aromatic N) is 1. The van der Waals surface area contributed by atoms with Crippen molar-refractivity contribution < 1.29 is 13.2 Å². The Hall–Kier alpha value is 0.0500. The molecule has 1 fully saturated rings. The molecule has 0 saturated carbocycles. The van der Waals surface area contributed by atoms with E-state index in [0.29, 0.717) is 30.5 Å². The summed E-state index contributed by atoms with van der Waals surface area (Å²) in [6.45, 7) is 3.61. The van der Waals surface area contributed by atoms with Gasteiger partial charge < -0.3 is 4.74 Å². The van der Waals surface area contributed by atoms with Gasteiger partial charge in [-0.1, -0.05) is 0 Å². The predicted molar refractivity (Wildman–Crippen MR) is 75.5 cm³/mol. The number of rotatable bonds is 4. The topological polar surface area (TPSA) is 46.6 Å². The van der Waals surface area contributed by atoms with Crippen LogP contribution in [0.4, 0.5) is 0 Å². The molecule has 2 heterocycles. The van der Waals surface area contributed by atoms with Gasteiger partial charge in [0.25, 0.3) is 0 Å². The first-order valence-corrected chi connectivity index (χ1v) is 8.75. The predicted octanol–water partition coefficient (Wildman–Crippen LogP) is 2.48. The molecule has 0 aliphatic carbocycles. The van der Waals surface area contributed by atoms with Gasteiger partial charge in [0.1, 0.15) is 0 Å². The Kier molecular flexibility index (Phi) is 4.48. The highest BCUT2D eigenvalue weighted by atomic mass is 79.9. The molecule has 2 rings (SSSR count). The number of methoxy groups -OCH3 is 1. The molecule has 0 N–H and O–H groups in total. The van der Waals surface area contributed by atoms with Gasteiger partial charge in [-0.2, -0.15) is 4.31 Å². The third-order valence-electron chi connectivity index (χ3n) is 3.11. The second-order valence-electron chi connectivity index (χ2n) is 4.44. The SMILES string of the molecule is COCC1CCN(S(=O)(=O)c2cc(Br)sc2C)C1. The van der Waals surface area contributed by atoms with Crippen molar-refractivity contribution in [3.8, 4) is 0 Å². The van der Waals surface area contributed by atoms with Crippen molar-refractivity contribution >= 4 is 37.3 Å². The molecule has 1 aromatic rings. The molecule has 7 heteroatoms. The molecule has 0 amide bonds. The van der Waals surface area contributed by atoms with Gasteiger partial charge in [-0.3, -0.25) is 0 Å². The normalized spacial score (nSPS) is 21.6. The molecule has 18 heavy (non-hydrogen) atoms. The molecular formula is C11H16BrNO3S2. The van der Waals surface area contributed by atoms with Crippen LogP contribution in [0.25, 0.3) is 0 Å². The molecule has 1 aliphatic heterocycles. The summed E-state index contributed by atoms with van der Waals surface area (Å²) in [4.78, 5) is 1.26. The third-order valence-corrected chi connectivity index (χ3v) is 6.78.